The van der Waals surface area contributed by atoms with E-state index in [0.29, 0.717) is 22.8 Å². The number of rotatable bonds is 8. The van der Waals surface area contributed by atoms with Crippen LogP contribution in [0, 0.1) is 0 Å². The van der Waals surface area contributed by atoms with Gasteiger partial charge < -0.3 is 24.4 Å². The molecule has 0 amide bonds. The van der Waals surface area contributed by atoms with Crippen LogP contribution in [0.4, 0.5) is 0 Å². The molecule has 0 saturated carbocycles. The number of carboxylic acid groups (broad SMARTS) is 2. The van der Waals surface area contributed by atoms with Crippen LogP contribution in [0.25, 0.3) is 0 Å². The second-order valence-electron chi connectivity index (χ2n) is 4.92. The van der Waals surface area contributed by atoms with Crippen molar-refractivity contribution in [3.8, 4) is 17.2 Å². The molecule has 0 aliphatic heterocycles. The average Bonchev–Trinajstić information content (AvgIpc) is 2.52. The summed E-state index contributed by atoms with van der Waals surface area (Å²) in [4.78, 5) is 22.4. The molecule has 0 spiro atoms. The fourth-order valence-electron chi connectivity index (χ4n) is 2.07. The summed E-state index contributed by atoms with van der Waals surface area (Å²) in [6.45, 7) is 1.47. The summed E-state index contributed by atoms with van der Waals surface area (Å²) in [5.74, 6) is -1.18. The molecule has 1 aromatic rings. The van der Waals surface area contributed by atoms with Crippen molar-refractivity contribution in [1.82, 2.24) is 0 Å². The van der Waals surface area contributed by atoms with Crippen LogP contribution < -0.4 is 14.2 Å². The first kappa shape index (κ1) is 18.3. The summed E-state index contributed by atoms with van der Waals surface area (Å²) in [5, 5.41) is 18.3. The lowest BCUT2D eigenvalue weighted by molar-refractivity contribution is -0.141. The van der Waals surface area contributed by atoms with Crippen molar-refractivity contribution >= 4 is 11.9 Å². The molecule has 0 aliphatic carbocycles. The molecular formula is C16H20O7. The van der Waals surface area contributed by atoms with Gasteiger partial charge in [-0.2, -0.15) is 0 Å². The average molecular weight is 324 g/mol. The van der Waals surface area contributed by atoms with Crippen LogP contribution in [0.3, 0.4) is 0 Å². The second kappa shape index (κ2) is 7.53. The first-order chi connectivity index (χ1) is 10.8. The standard InChI is InChI=1S/C16H20O7/c1-16(15(19)20,7-5-6-13(17)18)10-8-11(21-2)14(23-4)12(9-10)22-3/h5,7-9H,6H2,1-4H3,(H,17,18)(H,19,20)/b7-5+. The first-order valence-electron chi connectivity index (χ1n) is 6.73. The Bertz CT molecular complexity index is 596. The van der Waals surface area contributed by atoms with Crippen LogP contribution in [0.5, 0.6) is 17.2 Å². The van der Waals surface area contributed by atoms with E-state index in [4.69, 9.17) is 19.3 Å². The largest absolute Gasteiger partial charge is 0.493 e. The number of carboxylic acids is 2. The molecule has 0 fully saturated rings. The lowest BCUT2D eigenvalue weighted by atomic mass is 9.81. The highest BCUT2D eigenvalue weighted by Gasteiger charge is 2.34. The van der Waals surface area contributed by atoms with Crippen molar-refractivity contribution in [2.45, 2.75) is 18.8 Å². The lowest BCUT2D eigenvalue weighted by Gasteiger charge is -2.24. The van der Waals surface area contributed by atoms with Gasteiger partial charge in [-0.25, -0.2) is 0 Å². The van der Waals surface area contributed by atoms with Gasteiger partial charge in [0.05, 0.1) is 27.8 Å². The van der Waals surface area contributed by atoms with Crippen molar-refractivity contribution < 1.29 is 34.0 Å². The zero-order chi connectivity index (χ0) is 17.6. The number of aliphatic carboxylic acids is 2. The maximum absolute atomic E-state index is 11.7. The monoisotopic (exact) mass is 324 g/mol. The van der Waals surface area contributed by atoms with Crippen LogP contribution in [0.15, 0.2) is 24.3 Å². The molecule has 0 aromatic heterocycles. The number of hydrogen-bond donors (Lipinski definition) is 2. The Morgan fingerprint density at radius 1 is 1.09 bits per heavy atom. The summed E-state index contributed by atoms with van der Waals surface area (Å²) in [5.41, 5.74) is -1.07. The SMILES string of the molecule is COc1cc(C(C)(/C=C/CC(=O)O)C(=O)O)cc(OC)c1OC. The van der Waals surface area contributed by atoms with E-state index in [9.17, 15) is 14.7 Å². The molecule has 0 saturated heterocycles. The molecule has 126 valence electrons. The van der Waals surface area contributed by atoms with Gasteiger partial charge in [-0.05, 0) is 24.6 Å². The number of benzene rings is 1. The molecule has 1 unspecified atom stereocenters. The molecule has 0 radical (unpaired) electrons. The number of methoxy groups -OCH3 is 3. The maximum Gasteiger partial charge on any atom is 0.317 e. The molecule has 0 aliphatic rings. The number of ether oxygens (including phenoxy) is 3. The predicted molar refractivity (Wildman–Crippen MR) is 82.5 cm³/mol. The summed E-state index contributed by atoms with van der Waals surface area (Å²) in [6.07, 6.45) is 2.37. The van der Waals surface area contributed by atoms with Gasteiger partial charge in [-0.15, -0.1) is 0 Å². The van der Waals surface area contributed by atoms with Gasteiger partial charge in [-0.1, -0.05) is 12.2 Å². The van der Waals surface area contributed by atoms with E-state index in [1.165, 1.54) is 52.5 Å². The molecule has 23 heavy (non-hydrogen) atoms. The van der Waals surface area contributed by atoms with Crippen molar-refractivity contribution in [2.24, 2.45) is 0 Å². The van der Waals surface area contributed by atoms with Crippen LogP contribution >= 0.6 is 0 Å². The van der Waals surface area contributed by atoms with Gasteiger partial charge in [0.1, 0.15) is 5.41 Å². The summed E-state index contributed by atoms with van der Waals surface area (Å²) >= 11 is 0. The first-order valence-corrected chi connectivity index (χ1v) is 6.73. The Hall–Kier alpha value is -2.70. The Labute approximate surface area is 134 Å². The number of hydrogen-bond acceptors (Lipinski definition) is 5. The molecule has 0 heterocycles. The van der Waals surface area contributed by atoms with E-state index in [0.717, 1.165) is 0 Å². The van der Waals surface area contributed by atoms with E-state index in [2.05, 4.69) is 0 Å². The highest BCUT2D eigenvalue weighted by molar-refractivity contribution is 5.84. The summed E-state index contributed by atoms with van der Waals surface area (Å²) < 4.78 is 15.6. The van der Waals surface area contributed by atoms with Crippen molar-refractivity contribution in [1.29, 1.82) is 0 Å². The molecule has 2 N–H and O–H groups in total. The third-order valence-electron chi connectivity index (χ3n) is 3.45. The predicted octanol–water partition coefficient (Wildman–Crippen LogP) is 2.09. The zero-order valence-electron chi connectivity index (χ0n) is 13.5. The fourth-order valence-corrected chi connectivity index (χ4v) is 2.07. The molecule has 1 rings (SSSR count). The normalized spacial score (nSPS) is 13.4. The van der Waals surface area contributed by atoms with E-state index >= 15 is 0 Å². The van der Waals surface area contributed by atoms with Crippen LogP contribution in [0.1, 0.15) is 18.9 Å². The smallest absolute Gasteiger partial charge is 0.317 e. The molecule has 7 nitrogen and oxygen atoms in total. The molecule has 0 bridgehead atoms. The van der Waals surface area contributed by atoms with Crippen molar-refractivity contribution in [3.05, 3.63) is 29.8 Å². The highest BCUT2D eigenvalue weighted by Crippen LogP contribution is 2.42. The lowest BCUT2D eigenvalue weighted by Crippen LogP contribution is -2.30. The van der Waals surface area contributed by atoms with Crippen LogP contribution in [-0.4, -0.2) is 43.5 Å². The van der Waals surface area contributed by atoms with E-state index in [1.807, 2.05) is 0 Å². The van der Waals surface area contributed by atoms with Gasteiger partial charge in [0.15, 0.2) is 11.5 Å². The highest BCUT2D eigenvalue weighted by atomic mass is 16.5. The molecule has 1 aromatic carbocycles. The number of carbonyl (C=O) groups is 2. The fraction of sp³-hybridized carbons (Fsp3) is 0.375. The minimum Gasteiger partial charge on any atom is -0.493 e. The summed E-state index contributed by atoms with van der Waals surface area (Å²) in [6, 6.07) is 3.06. The van der Waals surface area contributed by atoms with Crippen molar-refractivity contribution in [3.63, 3.8) is 0 Å². The van der Waals surface area contributed by atoms with Gasteiger partial charge in [-0.3, -0.25) is 9.59 Å². The zero-order valence-corrected chi connectivity index (χ0v) is 13.5. The van der Waals surface area contributed by atoms with Crippen LogP contribution in [-0.2, 0) is 15.0 Å². The Morgan fingerprint density at radius 2 is 1.61 bits per heavy atom. The van der Waals surface area contributed by atoms with E-state index in [-0.39, 0.29) is 6.42 Å². The molecule has 1 atom stereocenters. The van der Waals surface area contributed by atoms with Gasteiger partial charge >= 0.3 is 11.9 Å². The summed E-state index contributed by atoms with van der Waals surface area (Å²) in [7, 11) is 4.31. The van der Waals surface area contributed by atoms with E-state index in [1.54, 1.807) is 0 Å². The minimum absolute atomic E-state index is 0.271. The third kappa shape index (κ3) is 3.94. The Kier molecular flexibility index (Phi) is 6.01. The van der Waals surface area contributed by atoms with E-state index < -0.39 is 17.4 Å². The third-order valence-corrected chi connectivity index (χ3v) is 3.45. The Balaban J connectivity index is 3.45. The topological polar surface area (TPSA) is 102 Å². The quantitative estimate of drug-likeness (QED) is 0.706. The maximum atomic E-state index is 11.7. The van der Waals surface area contributed by atoms with Gasteiger partial charge in [0.25, 0.3) is 0 Å². The van der Waals surface area contributed by atoms with Crippen LogP contribution in [0.2, 0.25) is 0 Å². The minimum atomic E-state index is -1.44. The Morgan fingerprint density at radius 3 is 1.96 bits per heavy atom. The van der Waals surface area contributed by atoms with Crippen molar-refractivity contribution in [2.75, 3.05) is 21.3 Å². The van der Waals surface area contributed by atoms with Gasteiger partial charge in [0.2, 0.25) is 5.75 Å². The molecular weight excluding hydrogens is 304 g/mol. The second-order valence-corrected chi connectivity index (χ2v) is 4.92. The van der Waals surface area contributed by atoms with Gasteiger partial charge in [0, 0.05) is 0 Å². The molecule has 7 heteroatoms.